The Balaban J connectivity index is 3.41. The summed E-state index contributed by atoms with van der Waals surface area (Å²) in [5.74, 6) is -1.24. The summed E-state index contributed by atoms with van der Waals surface area (Å²) >= 11 is 0. The molecule has 0 atom stereocenters. The highest BCUT2D eigenvalue weighted by Crippen LogP contribution is 2.12. The van der Waals surface area contributed by atoms with Crippen LogP contribution in [-0.2, 0) is 0 Å². The lowest BCUT2D eigenvalue weighted by Gasteiger charge is -1.84. The number of H-pyrrole nitrogens is 2. The average molecular weight is 126 g/mol. The summed E-state index contributed by atoms with van der Waals surface area (Å²) in [5, 5.41) is 22.3. The van der Waals surface area contributed by atoms with Gasteiger partial charge in [-0.1, -0.05) is 0 Å². The molecule has 0 aliphatic rings. The van der Waals surface area contributed by atoms with Crippen molar-refractivity contribution in [2.45, 2.75) is 0 Å². The number of hydrogen-bond donors (Lipinski definition) is 2. The highest BCUT2D eigenvalue weighted by atomic mass is 16.3. The summed E-state index contributed by atoms with van der Waals surface area (Å²) in [5.41, 5.74) is -0.817. The highest BCUT2D eigenvalue weighted by molar-refractivity contribution is 5.45. The second-order valence-corrected chi connectivity index (χ2v) is 1.36. The Hall–Kier alpha value is -1.77. The zero-order chi connectivity index (χ0) is 6.85. The molecule has 0 aliphatic carbocycles. The Morgan fingerprint density at radius 1 is 1.56 bits per heavy atom. The van der Waals surface area contributed by atoms with Crippen molar-refractivity contribution in [1.29, 1.82) is 5.39 Å². The zero-order valence-electron chi connectivity index (χ0n) is 4.21. The molecule has 0 fully saturated rings. The van der Waals surface area contributed by atoms with E-state index in [1.165, 1.54) is 0 Å². The third-order valence-corrected chi connectivity index (χ3v) is 0.816. The lowest BCUT2D eigenvalue weighted by molar-refractivity contribution is -0.268. The molecule has 6 nitrogen and oxygen atoms in total. The molecule has 0 spiro atoms. The van der Waals surface area contributed by atoms with Gasteiger partial charge in [-0.05, 0) is 0 Å². The van der Waals surface area contributed by atoms with E-state index in [4.69, 9.17) is 5.39 Å². The van der Waals surface area contributed by atoms with Crippen LogP contribution in [0.5, 0.6) is 5.75 Å². The van der Waals surface area contributed by atoms with E-state index < -0.39 is 11.3 Å². The van der Waals surface area contributed by atoms with Crippen LogP contribution in [0.4, 0.5) is 5.82 Å². The Morgan fingerprint density at radius 3 is 2.44 bits per heavy atom. The summed E-state index contributed by atoms with van der Waals surface area (Å²) in [7, 11) is 0. The molecule has 0 aliphatic heterocycles. The molecule has 0 saturated carbocycles. The van der Waals surface area contributed by atoms with Crippen LogP contribution in [-0.4, -0.2) is 10.2 Å². The average Bonchev–Trinajstić information content (AvgIpc) is 2.15. The van der Waals surface area contributed by atoms with Crippen LogP contribution in [0.25, 0.3) is 4.98 Å². The van der Waals surface area contributed by atoms with Gasteiger partial charge < -0.3 is 5.11 Å². The van der Waals surface area contributed by atoms with E-state index in [2.05, 4.69) is 10.1 Å². The van der Waals surface area contributed by atoms with Crippen LogP contribution in [0.1, 0.15) is 0 Å². The molecule has 46 valence electrons. The summed E-state index contributed by atoms with van der Waals surface area (Å²) < 4.78 is 0. The van der Waals surface area contributed by atoms with E-state index in [-0.39, 0.29) is 5.82 Å². The van der Waals surface area contributed by atoms with Crippen molar-refractivity contribution < 1.29 is 5.11 Å². The highest BCUT2D eigenvalue weighted by Gasteiger charge is 2.07. The van der Waals surface area contributed by atoms with Crippen LogP contribution in [0, 0.1) is 5.39 Å². The molecule has 2 N–H and O–H groups in total. The van der Waals surface area contributed by atoms with Crippen LogP contribution < -0.4 is 10.7 Å². The van der Waals surface area contributed by atoms with Gasteiger partial charge in [0.25, 0.3) is 5.56 Å². The fourth-order valence-corrected chi connectivity index (χ4v) is 0.407. The summed E-state index contributed by atoms with van der Waals surface area (Å²) in [6.45, 7) is 0. The predicted octanol–water partition coefficient (Wildman–Crippen LogP) is -0.739. The Kier molecular flexibility index (Phi) is 0.971. The van der Waals surface area contributed by atoms with Crippen LogP contribution >= 0.6 is 0 Å². The van der Waals surface area contributed by atoms with Gasteiger partial charge in [0.1, 0.15) is 0 Å². The van der Waals surface area contributed by atoms with Crippen molar-refractivity contribution in [2.24, 2.45) is 0 Å². The minimum atomic E-state index is -0.863. The van der Waals surface area contributed by atoms with Gasteiger partial charge in [0, 0.05) is 4.98 Å². The van der Waals surface area contributed by atoms with Crippen LogP contribution in [0.2, 0.25) is 0 Å². The molecule has 0 radical (unpaired) electrons. The van der Waals surface area contributed by atoms with Gasteiger partial charge >= 0.3 is 5.82 Å². The number of aromatic nitrogens is 2. The number of rotatable bonds is 0. The van der Waals surface area contributed by atoms with Crippen molar-refractivity contribution in [3.63, 3.8) is 0 Å². The van der Waals surface area contributed by atoms with Gasteiger partial charge in [0.2, 0.25) is 0 Å². The second-order valence-electron chi connectivity index (χ2n) is 1.36. The Morgan fingerprint density at radius 2 is 2.22 bits per heavy atom. The minimum absolute atomic E-state index is 0.375. The van der Waals surface area contributed by atoms with E-state index in [9.17, 15) is 9.90 Å². The van der Waals surface area contributed by atoms with Gasteiger partial charge in [-0.15, -0.1) is 0 Å². The van der Waals surface area contributed by atoms with Crippen molar-refractivity contribution in [1.82, 2.24) is 10.2 Å². The second kappa shape index (κ2) is 1.63. The van der Waals surface area contributed by atoms with Gasteiger partial charge in [-0.2, -0.15) is 10.2 Å². The fourth-order valence-electron chi connectivity index (χ4n) is 0.407. The Bertz CT molecular complexity index is 302. The van der Waals surface area contributed by atoms with E-state index in [1.807, 2.05) is 5.10 Å². The Labute approximate surface area is 48.7 Å². The first-order chi connectivity index (χ1) is 4.25. The minimum Gasteiger partial charge on any atom is -0.862 e. The molecule has 0 unspecified atom stereocenters. The molecule has 1 aromatic rings. The maximum atomic E-state index is 10.4. The molecule has 1 rings (SSSR count). The summed E-state index contributed by atoms with van der Waals surface area (Å²) in [6, 6.07) is 0. The molecule has 1 aromatic heterocycles. The molecule has 0 bridgehead atoms. The normalized spacial score (nSPS) is 8.78. The number of hydrogen-bond acceptors (Lipinski definition) is 3. The summed E-state index contributed by atoms with van der Waals surface area (Å²) in [6.07, 6.45) is 0. The van der Waals surface area contributed by atoms with Crippen LogP contribution in [0.3, 0.4) is 0 Å². The van der Waals surface area contributed by atoms with Crippen LogP contribution in [0.15, 0.2) is 4.79 Å². The van der Waals surface area contributed by atoms with E-state index in [1.54, 1.807) is 0 Å². The number of aromatic amines is 2. The molecule has 1 heterocycles. The molecule has 0 saturated heterocycles. The van der Waals surface area contributed by atoms with Crippen molar-refractivity contribution in [2.75, 3.05) is 0 Å². The first-order valence-corrected chi connectivity index (χ1v) is 2.08. The lowest BCUT2D eigenvalue weighted by atomic mass is 10.6. The third kappa shape index (κ3) is 0.637. The predicted molar refractivity (Wildman–Crippen MR) is 25.6 cm³/mol. The number of nitrogens with one attached hydrogen (secondary N) is 2. The molecule has 6 heteroatoms. The molecular weight excluding hydrogens is 124 g/mol. The molecule has 9 heavy (non-hydrogen) atoms. The van der Waals surface area contributed by atoms with E-state index in [0.717, 1.165) is 0 Å². The first kappa shape index (κ1) is 5.37. The topological polar surface area (TPSA) is 99.9 Å². The van der Waals surface area contributed by atoms with E-state index in [0.29, 0.717) is 0 Å². The van der Waals surface area contributed by atoms with Crippen molar-refractivity contribution >= 4 is 5.82 Å². The fraction of sp³-hybridized carbons (Fsp3) is 0. The maximum absolute atomic E-state index is 10.4. The first-order valence-electron chi connectivity index (χ1n) is 2.08. The zero-order valence-corrected chi connectivity index (χ0v) is 4.21. The van der Waals surface area contributed by atoms with Gasteiger partial charge in [0.05, 0.1) is 11.1 Å². The van der Waals surface area contributed by atoms with Crippen molar-refractivity contribution in [3.8, 4) is 5.75 Å². The quantitative estimate of drug-likeness (QED) is 0.447. The van der Waals surface area contributed by atoms with Gasteiger partial charge in [0.15, 0.2) is 0 Å². The number of diazo groups is 1. The van der Waals surface area contributed by atoms with E-state index >= 15 is 0 Å². The molecule has 0 amide bonds. The molecule has 0 aromatic carbocycles. The maximum Gasteiger partial charge on any atom is 0.438 e. The third-order valence-electron chi connectivity index (χ3n) is 0.816. The SMILES string of the molecule is N#[N+]c1[nH][nH]c(=O)c1[O-]. The largest absolute Gasteiger partial charge is 0.862 e. The number of nitrogens with zero attached hydrogens (tertiary/aromatic N) is 2. The standard InChI is InChI=1S/C3H2N4O2/c4-5-2-1(8)3(9)7-6-2/h4H,(H,7,8,9). The molecular formula is C3H2N4O2. The summed E-state index contributed by atoms with van der Waals surface area (Å²) in [4.78, 5) is 12.7. The van der Waals surface area contributed by atoms with Gasteiger partial charge in [-0.3, -0.25) is 4.79 Å². The smallest absolute Gasteiger partial charge is 0.438 e. The lowest BCUT2D eigenvalue weighted by Crippen LogP contribution is -2.05. The van der Waals surface area contributed by atoms with Gasteiger partial charge in [-0.25, -0.2) is 0 Å². The van der Waals surface area contributed by atoms with Crippen molar-refractivity contribution in [3.05, 3.63) is 15.3 Å². The monoisotopic (exact) mass is 126 g/mol.